The molecule has 0 aromatic carbocycles. The highest BCUT2D eigenvalue weighted by Gasteiger charge is 2.50. The van der Waals surface area contributed by atoms with Crippen LogP contribution in [-0.2, 0) is 0 Å². The first-order valence-corrected chi connectivity index (χ1v) is 12.2. The number of aliphatic hydroxyl groups is 2. The second-order valence-electron chi connectivity index (χ2n) is 11.4. The van der Waals surface area contributed by atoms with Gasteiger partial charge in [0.15, 0.2) is 0 Å². The Hall–Kier alpha value is -1.12. The summed E-state index contributed by atoms with van der Waals surface area (Å²) in [6.45, 7) is 17.0. The Morgan fingerprint density at radius 3 is 2.67 bits per heavy atom. The van der Waals surface area contributed by atoms with E-state index < -0.39 is 11.7 Å². The number of hydrogen-bond acceptors (Lipinski definition) is 2. The third kappa shape index (κ3) is 5.19. The minimum Gasteiger partial charge on any atom is -0.390 e. The molecule has 0 bridgehead atoms. The maximum atomic E-state index is 10.2. The lowest BCUT2D eigenvalue weighted by Gasteiger charge is -2.44. The van der Waals surface area contributed by atoms with Crippen molar-refractivity contribution in [2.45, 2.75) is 104 Å². The molecule has 0 aromatic heterocycles. The number of fused-ring (bicyclic) bond motifs is 1. The molecule has 3 fully saturated rings. The SMILES string of the molecule is C=C1CC(=C)[C@H](O)C/C1=C/C=C1\CCCC2(C)[C@@H](C(C)CCCC(C)(C)O)CC[C@@H]12. The molecular formula is C28H44O2. The predicted octanol–water partition coefficient (Wildman–Crippen LogP) is 6.90. The van der Waals surface area contributed by atoms with Gasteiger partial charge in [0, 0.05) is 6.42 Å². The second kappa shape index (κ2) is 9.17. The molecule has 2 nitrogen and oxygen atoms in total. The summed E-state index contributed by atoms with van der Waals surface area (Å²) in [7, 11) is 0. The summed E-state index contributed by atoms with van der Waals surface area (Å²) in [5.74, 6) is 2.20. The molecule has 0 spiro atoms. The van der Waals surface area contributed by atoms with Crippen LogP contribution in [0.3, 0.4) is 0 Å². The lowest BCUT2D eigenvalue weighted by atomic mass is 9.60. The lowest BCUT2D eigenvalue weighted by molar-refractivity contribution is 0.0596. The average Bonchev–Trinajstić information content (AvgIpc) is 3.00. The van der Waals surface area contributed by atoms with E-state index in [2.05, 4.69) is 39.2 Å². The van der Waals surface area contributed by atoms with Gasteiger partial charge in [0.2, 0.25) is 0 Å². The van der Waals surface area contributed by atoms with Gasteiger partial charge in [0.25, 0.3) is 0 Å². The number of hydrogen-bond donors (Lipinski definition) is 2. The zero-order valence-electron chi connectivity index (χ0n) is 19.8. The number of allylic oxidation sites excluding steroid dienone is 4. The van der Waals surface area contributed by atoms with E-state index in [-0.39, 0.29) is 0 Å². The molecular weight excluding hydrogens is 368 g/mol. The molecule has 0 saturated heterocycles. The van der Waals surface area contributed by atoms with E-state index in [1.165, 1.54) is 44.1 Å². The van der Waals surface area contributed by atoms with Gasteiger partial charge in [-0.2, -0.15) is 0 Å². The highest BCUT2D eigenvalue weighted by Crippen LogP contribution is 2.60. The highest BCUT2D eigenvalue weighted by molar-refractivity contribution is 5.41. The van der Waals surface area contributed by atoms with Crippen LogP contribution in [0.4, 0.5) is 0 Å². The Morgan fingerprint density at radius 2 is 1.97 bits per heavy atom. The minimum atomic E-state index is -0.543. The Balaban J connectivity index is 1.69. The molecule has 168 valence electrons. The largest absolute Gasteiger partial charge is 0.390 e. The Morgan fingerprint density at radius 1 is 1.23 bits per heavy atom. The van der Waals surface area contributed by atoms with Crippen molar-refractivity contribution in [3.8, 4) is 0 Å². The van der Waals surface area contributed by atoms with Crippen LogP contribution in [0.2, 0.25) is 0 Å². The van der Waals surface area contributed by atoms with E-state index in [1.54, 1.807) is 5.57 Å². The molecule has 0 radical (unpaired) electrons. The zero-order valence-corrected chi connectivity index (χ0v) is 19.8. The summed E-state index contributed by atoms with van der Waals surface area (Å²) in [6, 6.07) is 0. The molecule has 0 heterocycles. The first kappa shape index (κ1) is 23.5. The van der Waals surface area contributed by atoms with Gasteiger partial charge in [-0.3, -0.25) is 0 Å². The molecule has 0 amide bonds. The fourth-order valence-electron chi connectivity index (χ4n) is 6.67. The summed E-state index contributed by atoms with van der Waals surface area (Å²) in [4.78, 5) is 0. The average molecular weight is 413 g/mol. The lowest BCUT2D eigenvalue weighted by Crippen LogP contribution is -2.36. The predicted molar refractivity (Wildman–Crippen MR) is 127 cm³/mol. The van der Waals surface area contributed by atoms with E-state index in [1.807, 2.05) is 13.8 Å². The molecule has 5 atom stereocenters. The quantitative estimate of drug-likeness (QED) is 0.466. The van der Waals surface area contributed by atoms with Crippen LogP contribution in [0.1, 0.15) is 91.9 Å². The fraction of sp³-hybridized carbons (Fsp3) is 0.714. The maximum Gasteiger partial charge on any atom is 0.0791 e. The van der Waals surface area contributed by atoms with Gasteiger partial charge in [-0.1, -0.05) is 57.6 Å². The van der Waals surface area contributed by atoms with Crippen molar-refractivity contribution in [1.82, 2.24) is 0 Å². The third-order valence-corrected chi connectivity index (χ3v) is 8.45. The molecule has 0 aromatic rings. The normalized spacial score (nSPS) is 36.4. The fourth-order valence-corrected chi connectivity index (χ4v) is 6.67. The molecule has 2 unspecified atom stereocenters. The standard InChI is InChI=1S/C28H44O2/c1-19(9-7-15-27(4,5)30)24-13-14-25-22(10-8-16-28(24,25)6)11-12-23-18-26(29)21(3)17-20(23)2/h11-12,19,24-26,29-30H,2-3,7-10,13-18H2,1,4-6H3/b22-11+,23-12-/t19?,24-,25+,26-,28?/m1/s1. The van der Waals surface area contributed by atoms with E-state index in [0.29, 0.717) is 17.8 Å². The molecule has 3 rings (SSSR count). The van der Waals surface area contributed by atoms with Gasteiger partial charge in [-0.05, 0) is 98.7 Å². The van der Waals surface area contributed by atoms with E-state index in [4.69, 9.17) is 0 Å². The molecule has 30 heavy (non-hydrogen) atoms. The minimum absolute atomic E-state index is 0.411. The number of aliphatic hydroxyl groups excluding tert-OH is 1. The zero-order chi connectivity index (χ0) is 22.1. The van der Waals surface area contributed by atoms with Gasteiger partial charge in [-0.15, -0.1) is 0 Å². The molecule has 3 aliphatic rings. The summed E-state index contributed by atoms with van der Waals surface area (Å²) >= 11 is 0. The van der Waals surface area contributed by atoms with E-state index in [0.717, 1.165) is 42.2 Å². The Kier molecular flexibility index (Phi) is 7.19. The smallest absolute Gasteiger partial charge is 0.0791 e. The van der Waals surface area contributed by atoms with E-state index in [9.17, 15) is 10.2 Å². The molecule has 2 N–H and O–H groups in total. The van der Waals surface area contributed by atoms with Crippen LogP contribution < -0.4 is 0 Å². The highest BCUT2D eigenvalue weighted by atomic mass is 16.3. The molecule has 2 heteroatoms. The van der Waals surface area contributed by atoms with Crippen LogP contribution in [0, 0.1) is 23.2 Å². The van der Waals surface area contributed by atoms with Gasteiger partial charge >= 0.3 is 0 Å². The van der Waals surface area contributed by atoms with Crippen molar-refractivity contribution >= 4 is 0 Å². The van der Waals surface area contributed by atoms with Crippen molar-refractivity contribution in [2.24, 2.45) is 23.2 Å². The summed E-state index contributed by atoms with van der Waals surface area (Å²) < 4.78 is 0. The summed E-state index contributed by atoms with van der Waals surface area (Å²) in [6.07, 6.45) is 15.3. The van der Waals surface area contributed by atoms with Gasteiger partial charge in [0.1, 0.15) is 0 Å². The van der Waals surface area contributed by atoms with E-state index >= 15 is 0 Å². The number of rotatable bonds is 6. The van der Waals surface area contributed by atoms with Crippen molar-refractivity contribution in [3.63, 3.8) is 0 Å². The van der Waals surface area contributed by atoms with Crippen LogP contribution in [0.15, 0.2) is 47.6 Å². The van der Waals surface area contributed by atoms with Crippen molar-refractivity contribution in [1.29, 1.82) is 0 Å². The van der Waals surface area contributed by atoms with Crippen LogP contribution in [-0.4, -0.2) is 21.9 Å². The van der Waals surface area contributed by atoms with Crippen molar-refractivity contribution in [2.75, 3.05) is 0 Å². The van der Waals surface area contributed by atoms with Crippen LogP contribution in [0.25, 0.3) is 0 Å². The summed E-state index contributed by atoms with van der Waals surface area (Å²) in [5, 5.41) is 20.2. The van der Waals surface area contributed by atoms with Crippen molar-refractivity contribution < 1.29 is 10.2 Å². The van der Waals surface area contributed by atoms with Gasteiger partial charge in [-0.25, -0.2) is 0 Å². The van der Waals surface area contributed by atoms with Crippen LogP contribution in [0.5, 0.6) is 0 Å². The van der Waals surface area contributed by atoms with Crippen molar-refractivity contribution in [3.05, 3.63) is 47.6 Å². The Bertz CT molecular complexity index is 719. The van der Waals surface area contributed by atoms with Gasteiger partial charge in [0.05, 0.1) is 11.7 Å². The molecule has 3 aliphatic carbocycles. The van der Waals surface area contributed by atoms with Gasteiger partial charge < -0.3 is 10.2 Å². The first-order chi connectivity index (χ1) is 14.0. The first-order valence-electron chi connectivity index (χ1n) is 12.2. The molecule has 0 aliphatic heterocycles. The van der Waals surface area contributed by atoms with Crippen LogP contribution >= 0.6 is 0 Å². The monoisotopic (exact) mass is 412 g/mol. The third-order valence-electron chi connectivity index (χ3n) is 8.45. The summed E-state index contributed by atoms with van der Waals surface area (Å²) in [5.41, 5.74) is 4.70. The topological polar surface area (TPSA) is 40.5 Å². The molecule has 3 saturated carbocycles. The Labute approximate surface area is 184 Å². The second-order valence-corrected chi connectivity index (χ2v) is 11.4. The maximum absolute atomic E-state index is 10.2.